The van der Waals surface area contributed by atoms with Crippen LogP contribution in [0.25, 0.3) is 0 Å². The smallest absolute Gasteiger partial charge is 0.0445 e. The molecule has 0 aromatic heterocycles. The Morgan fingerprint density at radius 2 is 1.92 bits per heavy atom. The number of carbonyl (C=O) groups excluding carboxylic acids is 1. The second kappa shape index (κ2) is 6.04. The SMILES string of the molecule is CCC(CCCC(C)C)C(=O)[O-]. The molecule has 0 amide bonds. The molecule has 0 saturated carbocycles. The summed E-state index contributed by atoms with van der Waals surface area (Å²) >= 11 is 0. The molecule has 2 nitrogen and oxygen atoms in total. The van der Waals surface area contributed by atoms with Gasteiger partial charge in [0.25, 0.3) is 0 Å². The Kier molecular flexibility index (Phi) is 5.77. The Morgan fingerprint density at radius 1 is 1.33 bits per heavy atom. The minimum atomic E-state index is -0.888. The van der Waals surface area contributed by atoms with Crippen LogP contribution in [0.1, 0.15) is 46.5 Å². The molecular weight excluding hydrogens is 152 g/mol. The van der Waals surface area contributed by atoms with E-state index in [1.54, 1.807) is 0 Å². The average molecular weight is 171 g/mol. The number of hydrogen-bond donors (Lipinski definition) is 0. The van der Waals surface area contributed by atoms with E-state index in [1.165, 1.54) is 0 Å². The van der Waals surface area contributed by atoms with Crippen molar-refractivity contribution in [3.63, 3.8) is 0 Å². The van der Waals surface area contributed by atoms with Crippen molar-refractivity contribution in [2.75, 3.05) is 0 Å². The Morgan fingerprint density at radius 3 is 2.25 bits per heavy atom. The molecule has 0 aliphatic carbocycles. The first-order valence-corrected chi connectivity index (χ1v) is 4.78. The van der Waals surface area contributed by atoms with Crippen LogP contribution in [-0.4, -0.2) is 5.97 Å². The number of aliphatic carboxylic acids is 1. The van der Waals surface area contributed by atoms with Crippen molar-refractivity contribution in [2.24, 2.45) is 11.8 Å². The van der Waals surface area contributed by atoms with Crippen LogP contribution in [0.3, 0.4) is 0 Å². The summed E-state index contributed by atoms with van der Waals surface area (Å²) in [6, 6.07) is 0. The predicted octanol–water partition coefficient (Wildman–Crippen LogP) is 1.59. The molecule has 0 bridgehead atoms. The molecule has 0 N–H and O–H groups in total. The van der Waals surface area contributed by atoms with Gasteiger partial charge in [0.05, 0.1) is 0 Å². The maximum absolute atomic E-state index is 10.5. The van der Waals surface area contributed by atoms with E-state index < -0.39 is 5.97 Å². The highest BCUT2D eigenvalue weighted by atomic mass is 16.4. The molecule has 0 fully saturated rings. The first-order chi connectivity index (χ1) is 5.57. The lowest BCUT2D eigenvalue weighted by molar-refractivity contribution is -0.311. The quantitative estimate of drug-likeness (QED) is 0.609. The van der Waals surface area contributed by atoms with Crippen molar-refractivity contribution in [1.29, 1.82) is 0 Å². The fraction of sp³-hybridized carbons (Fsp3) is 0.900. The first kappa shape index (κ1) is 11.5. The van der Waals surface area contributed by atoms with E-state index in [0.29, 0.717) is 12.3 Å². The van der Waals surface area contributed by atoms with E-state index in [2.05, 4.69) is 13.8 Å². The van der Waals surface area contributed by atoms with Gasteiger partial charge in [0.15, 0.2) is 0 Å². The summed E-state index contributed by atoms with van der Waals surface area (Å²) in [6.07, 6.45) is 3.59. The van der Waals surface area contributed by atoms with Crippen molar-refractivity contribution in [1.82, 2.24) is 0 Å². The Hall–Kier alpha value is -0.530. The molecule has 72 valence electrons. The molecule has 0 heterocycles. The first-order valence-electron chi connectivity index (χ1n) is 4.78. The highest BCUT2D eigenvalue weighted by Gasteiger charge is 2.06. The van der Waals surface area contributed by atoms with Gasteiger partial charge in [-0.2, -0.15) is 0 Å². The zero-order valence-electron chi connectivity index (χ0n) is 8.30. The lowest BCUT2D eigenvalue weighted by Crippen LogP contribution is -2.30. The number of rotatable bonds is 6. The van der Waals surface area contributed by atoms with Gasteiger partial charge in [-0.1, -0.05) is 33.6 Å². The maximum Gasteiger partial charge on any atom is 0.0445 e. The third-order valence-corrected chi connectivity index (χ3v) is 2.16. The molecule has 1 atom stereocenters. The molecule has 0 spiro atoms. The predicted molar refractivity (Wildman–Crippen MR) is 47.5 cm³/mol. The van der Waals surface area contributed by atoms with Gasteiger partial charge in [0.1, 0.15) is 0 Å². The number of hydrogen-bond acceptors (Lipinski definition) is 2. The van der Waals surface area contributed by atoms with Gasteiger partial charge in [-0.3, -0.25) is 0 Å². The van der Waals surface area contributed by atoms with Gasteiger partial charge in [0.2, 0.25) is 0 Å². The van der Waals surface area contributed by atoms with Crippen LogP contribution in [0.15, 0.2) is 0 Å². The fourth-order valence-corrected chi connectivity index (χ4v) is 1.26. The minimum absolute atomic E-state index is 0.233. The second-order valence-corrected chi connectivity index (χ2v) is 3.75. The highest BCUT2D eigenvalue weighted by Crippen LogP contribution is 2.14. The summed E-state index contributed by atoms with van der Waals surface area (Å²) in [7, 11) is 0. The molecule has 1 unspecified atom stereocenters. The van der Waals surface area contributed by atoms with Crippen LogP contribution < -0.4 is 5.11 Å². The van der Waals surface area contributed by atoms with Gasteiger partial charge in [0, 0.05) is 5.97 Å². The Bertz CT molecular complexity index is 130. The van der Waals surface area contributed by atoms with Crippen LogP contribution in [-0.2, 0) is 4.79 Å². The molecular formula is C10H19O2-. The summed E-state index contributed by atoms with van der Waals surface area (Å²) in [6.45, 7) is 6.20. The molecule has 0 aliphatic rings. The lowest BCUT2D eigenvalue weighted by atomic mass is 9.96. The normalized spacial score (nSPS) is 13.3. The summed E-state index contributed by atoms with van der Waals surface area (Å²) < 4.78 is 0. The lowest BCUT2D eigenvalue weighted by Gasteiger charge is -2.15. The van der Waals surface area contributed by atoms with E-state index in [-0.39, 0.29) is 5.92 Å². The molecule has 12 heavy (non-hydrogen) atoms. The van der Waals surface area contributed by atoms with Crippen LogP contribution in [0, 0.1) is 11.8 Å². The summed E-state index contributed by atoms with van der Waals surface area (Å²) in [5.74, 6) is -0.450. The van der Waals surface area contributed by atoms with E-state index in [9.17, 15) is 9.90 Å². The molecule has 0 aromatic carbocycles. The molecule has 2 heteroatoms. The zero-order valence-corrected chi connectivity index (χ0v) is 8.30. The Balaban J connectivity index is 3.52. The third kappa shape index (κ3) is 5.16. The van der Waals surface area contributed by atoms with Gasteiger partial charge in [-0.05, 0) is 24.7 Å². The van der Waals surface area contributed by atoms with Gasteiger partial charge in [-0.15, -0.1) is 0 Å². The second-order valence-electron chi connectivity index (χ2n) is 3.75. The van der Waals surface area contributed by atoms with E-state index in [4.69, 9.17) is 0 Å². The van der Waals surface area contributed by atoms with E-state index >= 15 is 0 Å². The molecule has 0 radical (unpaired) electrons. The number of carbonyl (C=O) groups is 1. The van der Waals surface area contributed by atoms with E-state index in [1.807, 2.05) is 6.92 Å². The average Bonchev–Trinajstić information content (AvgIpc) is 1.96. The molecule has 0 aromatic rings. The summed E-state index contributed by atoms with van der Waals surface area (Å²) in [4.78, 5) is 10.5. The molecule has 0 saturated heterocycles. The van der Waals surface area contributed by atoms with Crippen molar-refractivity contribution in [2.45, 2.75) is 46.5 Å². The van der Waals surface area contributed by atoms with Crippen LogP contribution >= 0.6 is 0 Å². The molecule has 0 aliphatic heterocycles. The number of carboxylic acids is 1. The minimum Gasteiger partial charge on any atom is -0.550 e. The van der Waals surface area contributed by atoms with Crippen molar-refractivity contribution in [3.8, 4) is 0 Å². The maximum atomic E-state index is 10.5. The van der Waals surface area contributed by atoms with E-state index in [0.717, 1.165) is 19.3 Å². The molecule has 0 rings (SSSR count). The summed E-state index contributed by atoms with van der Waals surface area (Å²) in [5.41, 5.74) is 0. The third-order valence-electron chi connectivity index (χ3n) is 2.16. The van der Waals surface area contributed by atoms with Gasteiger partial charge < -0.3 is 9.90 Å². The van der Waals surface area contributed by atoms with Crippen LogP contribution in [0.4, 0.5) is 0 Å². The van der Waals surface area contributed by atoms with Gasteiger partial charge >= 0.3 is 0 Å². The fourth-order valence-electron chi connectivity index (χ4n) is 1.26. The standard InChI is InChI=1S/C10H20O2/c1-4-9(10(11)12)7-5-6-8(2)3/h8-9H,4-7H2,1-3H3,(H,11,12)/p-1. The summed E-state index contributed by atoms with van der Waals surface area (Å²) in [5, 5.41) is 10.5. The number of carboxylic acid groups (broad SMARTS) is 1. The topological polar surface area (TPSA) is 40.1 Å². The highest BCUT2D eigenvalue weighted by molar-refractivity contribution is 5.67. The van der Waals surface area contributed by atoms with Gasteiger partial charge in [-0.25, -0.2) is 0 Å². The van der Waals surface area contributed by atoms with Crippen molar-refractivity contribution >= 4 is 5.97 Å². The zero-order chi connectivity index (χ0) is 9.56. The van der Waals surface area contributed by atoms with Crippen molar-refractivity contribution < 1.29 is 9.90 Å². The van der Waals surface area contributed by atoms with Crippen LogP contribution in [0.5, 0.6) is 0 Å². The monoisotopic (exact) mass is 171 g/mol. The largest absolute Gasteiger partial charge is 0.550 e. The Labute approximate surface area is 75.0 Å². The van der Waals surface area contributed by atoms with Crippen LogP contribution in [0.2, 0.25) is 0 Å². The van der Waals surface area contributed by atoms with Crippen molar-refractivity contribution in [3.05, 3.63) is 0 Å².